The Labute approximate surface area is 92.0 Å². The van der Waals surface area contributed by atoms with Gasteiger partial charge in [-0.05, 0) is 32.1 Å². The van der Waals surface area contributed by atoms with Gasteiger partial charge in [0.05, 0.1) is 0 Å². The van der Waals surface area contributed by atoms with Crippen LogP contribution in [0, 0.1) is 5.41 Å². The zero-order valence-corrected chi connectivity index (χ0v) is 9.67. The second-order valence-electron chi connectivity index (χ2n) is 5.14. The third kappa shape index (κ3) is 1.89. The minimum Gasteiger partial charge on any atom is -0.341 e. The van der Waals surface area contributed by atoms with E-state index in [4.69, 9.17) is 5.73 Å². The quantitative estimate of drug-likeness (QED) is 0.751. The molecule has 0 aromatic carbocycles. The average molecular weight is 210 g/mol. The molecule has 0 aromatic rings. The molecule has 1 atom stereocenters. The maximum Gasteiger partial charge on any atom is 0.228 e. The molecule has 0 aromatic heterocycles. The van der Waals surface area contributed by atoms with E-state index < -0.39 is 0 Å². The summed E-state index contributed by atoms with van der Waals surface area (Å²) in [7, 11) is 0. The smallest absolute Gasteiger partial charge is 0.228 e. The lowest BCUT2D eigenvalue weighted by atomic mass is 9.66. The Balaban J connectivity index is 2.00. The number of piperidine rings is 1. The van der Waals surface area contributed by atoms with Crippen molar-refractivity contribution >= 4 is 5.91 Å². The number of amides is 1. The molecular formula is C12H22N2O. The summed E-state index contributed by atoms with van der Waals surface area (Å²) in [6, 6.07) is 0.205. The molecule has 3 heteroatoms. The number of nitrogens with zero attached hydrogens (tertiary/aromatic N) is 1. The fraction of sp³-hybridized carbons (Fsp3) is 0.917. The van der Waals surface area contributed by atoms with Crippen molar-refractivity contribution in [1.29, 1.82) is 0 Å². The van der Waals surface area contributed by atoms with Crippen LogP contribution in [0.1, 0.15) is 45.4 Å². The number of likely N-dealkylation sites (tertiary alicyclic amines) is 1. The second kappa shape index (κ2) is 4.12. The molecule has 1 unspecified atom stereocenters. The van der Waals surface area contributed by atoms with Crippen LogP contribution < -0.4 is 5.73 Å². The van der Waals surface area contributed by atoms with Gasteiger partial charge in [-0.1, -0.05) is 13.3 Å². The molecule has 86 valence electrons. The predicted octanol–water partition coefficient (Wildman–Crippen LogP) is 1.52. The first-order valence-corrected chi connectivity index (χ1v) is 6.23. The van der Waals surface area contributed by atoms with Crippen molar-refractivity contribution in [3.05, 3.63) is 0 Å². The van der Waals surface area contributed by atoms with E-state index >= 15 is 0 Å². The molecular weight excluding hydrogens is 188 g/mol. The van der Waals surface area contributed by atoms with Crippen molar-refractivity contribution in [1.82, 2.24) is 4.90 Å². The van der Waals surface area contributed by atoms with Crippen LogP contribution >= 0.6 is 0 Å². The summed E-state index contributed by atoms with van der Waals surface area (Å²) in [4.78, 5) is 14.4. The minimum absolute atomic E-state index is 0.00292. The largest absolute Gasteiger partial charge is 0.341 e. The molecule has 15 heavy (non-hydrogen) atoms. The van der Waals surface area contributed by atoms with Gasteiger partial charge in [0.1, 0.15) is 0 Å². The molecule has 2 fully saturated rings. The van der Waals surface area contributed by atoms with Crippen molar-refractivity contribution in [2.24, 2.45) is 11.1 Å². The maximum absolute atomic E-state index is 12.3. The van der Waals surface area contributed by atoms with Crippen LogP contribution in [-0.4, -0.2) is 29.9 Å². The van der Waals surface area contributed by atoms with Gasteiger partial charge in [0.15, 0.2) is 0 Å². The fourth-order valence-electron chi connectivity index (χ4n) is 2.85. The molecule has 1 heterocycles. The third-order valence-corrected chi connectivity index (χ3v) is 4.19. The number of carbonyl (C=O) groups excluding carboxylic acids is 1. The van der Waals surface area contributed by atoms with E-state index in [-0.39, 0.29) is 11.5 Å². The van der Waals surface area contributed by atoms with Crippen molar-refractivity contribution < 1.29 is 4.79 Å². The highest BCUT2D eigenvalue weighted by atomic mass is 16.2. The Morgan fingerprint density at radius 3 is 2.67 bits per heavy atom. The summed E-state index contributed by atoms with van der Waals surface area (Å²) in [5.74, 6) is 0.381. The first-order valence-electron chi connectivity index (χ1n) is 6.23. The number of hydrogen-bond acceptors (Lipinski definition) is 2. The highest BCUT2D eigenvalue weighted by Gasteiger charge is 2.44. The second-order valence-corrected chi connectivity index (χ2v) is 5.14. The zero-order valence-electron chi connectivity index (χ0n) is 9.67. The van der Waals surface area contributed by atoms with Crippen LogP contribution in [0.15, 0.2) is 0 Å². The highest BCUT2D eigenvalue weighted by molar-refractivity contribution is 5.83. The molecule has 1 saturated heterocycles. The van der Waals surface area contributed by atoms with Gasteiger partial charge < -0.3 is 10.6 Å². The summed E-state index contributed by atoms with van der Waals surface area (Å²) in [6.45, 7) is 3.84. The van der Waals surface area contributed by atoms with Gasteiger partial charge in [-0.2, -0.15) is 0 Å². The van der Waals surface area contributed by atoms with E-state index in [0.29, 0.717) is 5.91 Å². The monoisotopic (exact) mass is 210 g/mol. The minimum atomic E-state index is -0.00292. The number of rotatable bonds is 2. The number of nitrogens with two attached hydrogens (primary N) is 1. The van der Waals surface area contributed by atoms with E-state index in [1.54, 1.807) is 0 Å². The van der Waals surface area contributed by atoms with E-state index in [0.717, 1.165) is 45.2 Å². The number of hydrogen-bond donors (Lipinski definition) is 1. The van der Waals surface area contributed by atoms with Gasteiger partial charge in [0.2, 0.25) is 5.91 Å². The molecule has 1 aliphatic heterocycles. The van der Waals surface area contributed by atoms with E-state index in [2.05, 4.69) is 6.92 Å². The highest BCUT2D eigenvalue weighted by Crippen LogP contribution is 2.45. The lowest BCUT2D eigenvalue weighted by Gasteiger charge is -2.44. The standard InChI is InChI=1S/C12H22N2O/c1-2-12(6-4-7-12)11(15)14-8-3-5-10(13)9-14/h10H,2-9,13H2,1H3. The van der Waals surface area contributed by atoms with Crippen LogP contribution in [0.4, 0.5) is 0 Å². The lowest BCUT2D eigenvalue weighted by molar-refractivity contribution is -0.149. The van der Waals surface area contributed by atoms with Gasteiger partial charge in [0, 0.05) is 24.5 Å². The molecule has 1 aliphatic carbocycles. The maximum atomic E-state index is 12.3. The third-order valence-electron chi connectivity index (χ3n) is 4.19. The van der Waals surface area contributed by atoms with Gasteiger partial charge >= 0.3 is 0 Å². The van der Waals surface area contributed by atoms with Crippen molar-refractivity contribution in [3.63, 3.8) is 0 Å². The summed E-state index contributed by atoms with van der Waals surface area (Å²) in [6.07, 6.45) is 6.55. The normalized spacial score (nSPS) is 29.7. The van der Waals surface area contributed by atoms with Crippen LogP contribution in [-0.2, 0) is 4.79 Å². The van der Waals surface area contributed by atoms with Gasteiger partial charge in [-0.3, -0.25) is 4.79 Å². The molecule has 0 radical (unpaired) electrons. The number of carbonyl (C=O) groups is 1. The van der Waals surface area contributed by atoms with E-state index in [1.165, 1.54) is 6.42 Å². The van der Waals surface area contributed by atoms with Gasteiger partial charge in [-0.15, -0.1) is 0 Å². The summed E-state index contributed by atoms with van der Waals surface area (Å²) < 4.78 is 0. The molecule has 1 amide bonds. The van der Waals surface area contributed by atoms with Crippen LogP contribution in [0.5, 0.6) is 0 Å². The summed E-state index contributed by atoms with van der Waals surface area (Å²) >= 11 is 0. The zero-order chi connectivity index (χ0) is 10.9. The predicted molar refractivity (Wildman–Crippen MR) is 60.4 cm³/mol. The Morgan fingerprint density at radius 2 is 2.20 bits per heavy atom. The molecule has 3 nitrogen and oxygen atoms in total. The SMILES string of the molecule is CCC1(C(=O)N2CCCC(N)C2)CCC1. The van der Waals surface area contributed by atoms with Crippen molar-refractivity contribution in [2.45, 2.75) is 51.5 Å². The summed E-state index contributed by atoms with van der Waals surface area (Å²) in [5, 5.41) is 0. The molecule has 0 bridgehead atoms. The van der Waals surface area contributed by atoms with Crippen LogP contribution in [0.3, 0.4) is 0 Å². The molecule has 1 saturated carbocycles. The van der Waals surface area contributed by atoms with E-state index in [9.17, 15) is 4.79 Å². The average Bonchev–Trinajstić information content (AvgIpc) is 2.17. The summed E-state index contributed by atoms with van der Waals surface area (Å²) in [5.41, 5.74) is 5.91. The Kier molecular flexibility index (Phi) is 3.01. The molecule has 2 aliphatic rings. The topological polar surface area (TPSA) is 46.3 Å². The molecule has 2 rings (SSSR count). The van der Waals surface area contributed by atoms with Crippen LogP contribution in [0.25, 0.3) is 0 Å². The Morgan fingerprint density at radius 1 is 1.47 bits per heavy atom. The molecule has 0 spiro atoms. The Bertz CT molecular complexity index is 242. The lowest BCUT2D eigenvalue weighted by Crippen LogP contribution is -2.53. The Hall–Kier alpha value is -0.570. The first kappa shape index (κ1) is 10.9. The van der Waals surface area contributed by atoms with Crippen molar-refractivity contribution in [3.8, 4) is 0 Å². The fourth-order valence-corrected chi connectivity index (χ4v) is 2.85. The van der Waals surface area contributed by atoms with E-state index in [1.807, 2.05) is 4.90 Å². The molecule has 2 N–H and O–H groups in total. The van der Waals surface area contributed by atoms with Crippen molar-refractivity contribution in [2.75, 3.05) is 13.1 Å². The van der Waals surface area contributed by atoms with Gasteiger partial charge in [0.25, 0.3) is 0 Å². The van der Waals surface area contributed by atoms with Gasteiger partial charge in [-0.25, -0.2) is 0 Å². The van der Waals surface area contributed by atoms with Crippen LogP contribution in [0.2, 0.25) is 0 Å². The first-order chi connectivity index (χ1) is 7.18.